The molecule has 1 fully saturated rings. The van der Waals surface area contributed by atoms with Crippen molar-refractivity contribution in [1.29, 1.82) is 0 Å². The zero-order valence-corrected chi connectivity index (χ0v) is 2.99. The number of rotatable bonds is 0. The van der Waals surface area contributed by atoms with Gasteiger partial charge in [-0.15, -0.1) is 0 Å². The van der Waals surface area contributed by atoms with Gasteiger partial charge in [0.2, 0.25) is 0 Å². The third kappa shape index (κ3) is 0.474. The molecule has 33 valence electrons. The van der Waals surface area contributed by atoms with E-state index in [-0.39, 0.29) is 5.91 Å². The van der Waals surface area contributed by atoms with E-state index in [1.807, 2.05) is 0 Å². The molecule has 4 nitrogen and oxygen atoms in total. The third-order valence-corrected chi connectivity index (χ3v) is 0.461. The van der Waals surface area contributed by atoms with Crippen molar-refractivity contribution < 1.29 is 4.79 Å². The monoisotopic (exact) mass is 86.0 g/mol. The molecule has 3 N–H and O–H groups in total. The lowest BCUT2D eigenvalue weighted by Gasteiger charge is -1.82. The molecule has 0 aromatic heterocycles. The maximum Gasteiger partial charge on any atom is 0.255 e. The van der Waals surface area contributed by atoms with Crippen molar-refractivity contribution in [2.45, 2.75) is 0 Å². The number of amides is 1. The average Bonchev–Trinajstić information content (AvgIpc) is 1.86. The van der Waals surface area contributed by atoms with Gasteiger partial charge in [-0.25, -0.2) is 5.43 Å². The molecule has 0 aromatic rings. The van der Waals surface area contributed by atoms with Crippen molar-refractivity contribution in [3.63, 3.8) is 0 Å². The van der Waals surface area contributed by atoms with Gasteiger partial charge in [0, 0.05) is 0 Å². The fourth-order valence-electron chi connectivity index (χ4n) is 0.235. The van der Waals surface area contributed by atoms with E-state index < -0.39 is 0 Å². The summed E-state index contributed by atoms with van der Waals surface area (Å²) in [5, 5.41) is 0. The van der Waals surface area contributed by atoms with Gasteiger partial charge in [0.1, 0.15) is 6.54 Å². The Morgan fingerprint density at radius 1 is 1.67 bits per heavy atom. The van der Waals surface area contributed by atoms with E-state index in [2.05, 4.69) is 16.4 Å². The summed E-state index contributed by atoms with van der Waals surface area (Å²) < 4.78 is 0. The summed E-state index contributed by atoms with van der Waals surface area (Å²) in [6.07, 6.45) is 0. The first kappa shape index (κ1) is 3.58. The van der Waals surface area contributed by atoms with Gasteiger partial charge in [-0.3, -0.25) is 10.2 Å². The Hall–Kier alpha value is -0.610. The number of hydrogen-bond acceptors (Lipinski definition) is 3. The normalized spacial score (nSPS) is 21.0. The maximum absolute atomic E-state index is 9.95. The molecule has 0 atom stereocenters. The summed E-state index contributed by atoms with van der Waals surface area (Å²) in [7, 11) is 0. The number of hydrogen-bond donors (Lipinski definition) is 3. The summed E-state index contributed by atoms with van der Waals surface area (Å²) in [6, 6.07) is 0. The summed E-state index contributed by atoms with van der Waals surface area (Å²) in [4.78, 5) is 9.95. The highest BCUT2D eigenvalue weighted by Crippen LogP contribution is 1.68. The van der Waals surface area contributed by atoms with E-state index >= 15 is 0 Å². The first-order chi connectivity index (χ1) is 2.89. The molecule has 1 amide bonds. The van der Waals surface area contributed by atoms with E-state index in [9.17, 15) is 4.79 Å². The van der Waals surface area contributed by atoms with Crippen LogP contribution in [-0.2, 0) is 4.79 Å². The molecule has 1 rings (SSSR count). The molecule has 1 saturated heterocycles. The lowest BCUT2D eigenvalue weighted by atomic mass is 10.7. The van der Waals surface area contributed by atoms with Gasteiger partial charge >= 0.3 is 0 Å². The Kier molecular flexibility index (Phi) is 0.736. The fourth-order valence-corrected chi connectivity index (χ4v) is 0.235. The van der Waals surface area contributed by atoms with Crippen LogP contribution < -0.4 is 16.4 Å². The second-order valence-corrected chi connectivity index (χ2v) is 0.903. The van der Waals surface area contributed by atoms with E-state index in [4.69, 9.17) is 0 Å². The molecule has 0 bridgehead atoms. The van der Waals surface area contributed by atoms with E-state index in [1.165, 1.54) is 6.54 Å². The zero-order chi connectivity index (χ0) is 4.41. The molecule has 0 spiro atoms. The SMILES string of the molecule is O=C1[CH]NNN1. The first-order valence-corrected chi connectivity index (χ1v) is 1.53. The fraction of sp³-hybridized carbons (Fsp3) is 0. The molecule has 6 heavy (non-hydrogen) atoms. The summed E-state index contributed by atoms with van der Waals surface area (Å²) in [6.45, 7) is 1.29. The second kappa shape index (κ2) is 1.24. The minimum Gasteiger partial charge on any atom is -0.276 e. The molecule has 1 aliphatic rings. The van der Waals surface area contributed by atoms with E-state index in [0.717, 1.165) is 0 Å². The highest BCUT2D eigenvalue weighted by molar-refractivity contribution is 5.84. The maximum atomic E-state index is 9.95. The van der Waals surface area contributed by atoms with Crippen molar-refractivity contribution in [2.75, 3.05) is 0 Å². The smallest absolute Gasteiger partial charge is 0.255 e. The van der Waals surface area contributed by atoms with Crippen LogP contribution in [0.5, 0.6) is 0 Å². The quantitative estimate of drug-likeness (QED) is 0.329. The Labute approximate surface area is 34.8 Å². The van der Waals surface area contributed by atoms with Crippen LogP contribution in [0.15, 0.2) is 0 Å². The molecule has 1 aliphatic heterocycles. The number of hydrazine groups is 2. The van der Waals surface area contributed by atoms with Gasteiger partial charge < -0.3 is 0 Å². The number of carbonyl (C=O) groups excluding carboxylic acids is 1. The Balaban J connectivity index is 2.37. The van der Waals surface area contributed by atoms with Crippen LogP contribution in [-0.4, -0.2) is 5.91 Å². The van der Waals surface area contributed by atoms with E-state index in [1.54, 1.807) is 0 Å². The number of carbonyl (C=O) groups is 1. The van der Waals surface area contributed by atoms with Crippen LogP contribution in [0.4, 0.5) is 0 Å². The van der Waals surface area contributed by atoms with Crippen LogP contribution in [0.25, 0.3) is 0 Å². The predicted molar refractivity (Wildman–Crippen MR) is 18.7 cm³/mol. The predicted octanol–water partition coefficient (Wildman–Crippen LogP) is -1.71. The van der Waals surface area contributed by atoms with Crippen molar-refractivity contribution in [1.82, 2.24) is 16.4 Å². The molecule has 1 heterocycles. The molecule has 0 aliphatic carbocycles. The summed E-state index contributed by atoms with van der Waals surface area (Å²) >= 11 is 0. The number of nitrogens with one attached hydrogen (secondary N) is 3. The standard InChI is InChI=1S/C2H4N3O/c6-2-1-3-5-4-2/h1,3,5H,(H,4,6). The minimum absolute atomic E-state index is 0.144. The van der Waals surface area contributed by atoms with Gasteiger partial charge in [0.25, 0.3) is 5.91 Å². The lowest BCUT2D eigenvalue weighted by molar-refractivity contribution is -0.117. The van der Waals surface area contributed by atoms with Crippen molar-refractivity contribution in [3.05, 3.63) is 6.54 Å². The largest absolute Gasteiger partial charge is 0.276 e. The van der Waals surface area contributed by atoms with Gasteiger partial charge in [-0.1, -0.05) is 0 Å². The Bertz CT molecular complexity index is 63.2. The van der Waals surface area contributed by atoms with Crippen molar-refractivity contribution in [2.24, 2.45) is 0 Å². The van der Waals surface area contributed by atoms with Crippen molar-refractivity contribution in [3.8, 4) is 0 Å². The zero-order valence-electron chi connectivity index (χ0n) is 2.99. The van der Waals surface area contributed by atoms with E-state index in [0.29, 0.717) is 0 Å². The molecular weight excluding hydrogens is 82.0 g/mol. The van der Waals surface area contributed by atoms with Crippen LogP contribution in [0, 0.1) is 6.54 Å². The third-order valence-electron chi connectivity index (χ3n) is 0.461. The minimum atomic E-state index is -0.144. The first-order valence-electron chi connectivity index (χ1n) is 1.53. The summed E-state index contributed by atoms with van der Waals surface area (Å²) in [5.41, 5.74) is 7.07. The highest BCUT2D eigenvalue weighted by Gasteiger charge is 2.04. The van der Waals surface area contributed by atoms with Crippen molar-refractivity contribution >= 4 is 5.91 Å². The molecule has 4 heteroatoms. The Morgan fingerprint density at radius 3 is 2.67 bits per heavy atom. The van der Waals surface area contributed by atoms with Crippen LogP contribution >= 0.6 is 0 Å². The van der Waals surface area contributed by atoms with Gasteiger partial charge in [0.15, 0.2) is 0 Å². The lowest BCUT2D eigenvalue weighted by Crippen LogP contribution is -2.31. The second-order valence-electron chi connectivity index (χ2n) is 0.903. The highest BCUT2D eigenvalue weighted by atomic mass is 16.2. The molecule has 1 radical (unpaired) electrons. The molecule has 0 unspecified atom stereocenters. The van der Waals surface area contributed by atoms with Crippen LogP contribution in [0.2, 0.25) is 0 Å². The molecule has 0 aromatic carbocycles. The van der Waals surface area contributed by atoms with Crippen LogP contribution in [0.1, 0.15) is 0 Å². The Morgan fingerprint density at radius 2 is 2.50 bits per heavy atom. The average molecular weight is 86.1 g/mol. The summed E-state index contributed by atoms with van der Waals surface area (Å²) in [5.74, 6) is -0.144. The molecular formula is C2H4N3O. The topological polar surface area (TPSA) is 53.2 Å². The molecule has 0 saturated carbocycles. The van der Waals surface area contributed by atoms with Gasteiger partial charge in [-0.2, -0.15) is 5.53 Å². The van der Waals surface area contributed by atoms with Crippen LogP contribution in [0.3, 0.4) is 0 Å². The van der Waals surface area contributed by atoms with Gasteiger partial charge in [0.05, 0.1) is 0 Å². The van der Waals surface area contributed by atoms with Gasteiger partial charge in [-0.05, 0) is 0 Å².